The standard InChI is InChI=1S/C16H11ClF3N3O2/c17-12-3-1-11(2-4-12)15(25)9-13(16(18,19)20)22-23(15)14(24)10-5-7-21-8-6-10/h1-8,25H,9H2/t15-/m1/s1. The van der Waals surface area contributed by atoms with E-state index < -0.39 is 29.9 Å². The first kappa shape index (κ1) is 17.4. The second-order valence-electron chi connectivity index (χ2n) is 5.40. The molecule has 5 nitrogen and oxygen atoms in total. The molecule has 0 fully saturated rings. The van der Waals surface area contributed by atoms with Crippen molar-refractivity contribution in [1.82, 2.24) is 9.99 Å². The number of halogens is 4. The fourth-order valence-electron chi connectivity index (χ4n) is 2.48. The topological polar surface area (TPSA) is 65.8 Å². The maximum atomic E-state index is 13.1. The van der Waals surface area contributed by atoms with Gasteiger partial charge in [-0.05, 0) is 24.3 Å². The highest BCUT2D eigenvalue weighted by atomic mass is 35.5. The largest absolute Gasteiger partial charge is 0.431 e. The van der Waals surface area contributed by atoms with E-state index in [0.29, 0.717) is 10.0 Å². The zero-order chi connectivity index (χ0) is 18.2. The van der Waals surface area contributed by atoms with Crippen LogP contribution in [-0.2, 0) is 5.72 Å². The van der Waals surface area contributed by atoms with Crippen LogP contribution < -0.4 is 0 Å². The molecule has 0 spiro atoms. The van der Waals surface area contributed by atoms with Gasteiger partial charge >= 0.3 is 6.18 Å². The van der Waals surface area contributed by atoms with Gasteiger partial charge in [-0.25, -0.2) is 0 Å². The Hall–Kier alpha value is -2.45. The Balaban J connectivity index is 2.07. The predicted molar refractivity (Wildman–Crippen MR) is 83.9 cm³/mol. The van der Waals surface area contributed by atoms with Crippen molar-refractivity contribution in [3.63, 3.8) is 0 Å². The molecule has 1 N–H and O–H groups in total. The Morgan fingerprint density at radius 3 is 2.32 bits per heavy atom. The average molecular weight is 370 g/mol. The number of nitrogens with zero attached hydrogens (tertiary/aromatic N) is 3. The summed E-state index contributed by atoms with van der Waals surface area (Å²) in [5.41, 5.74) is -3.39. The molecule has 0 saturated carbocycles. The lowest BCUT2D eigenvalue weighted by Gasteiger charge is -2.31. The van der Waals surface area contributed by atoms with Crippen molar-refractivity contribution in [2.24, 2.45) is 5.10 Å². The minimum absolute atomic E-state index is 0.0505. The van der Waals surface area contributed by atoms with Crippen molar-refractivity contribution < 1.29 is 23.1 Å². The molecular formula is C16H11ClF3N3O2. The molecule has 0 unspecified atom stereocenters. The second-order valence-corrected chi connectivity index (χ2v) is 5.83. The molecule has 2 aromatic rings. The highest BCUT2D eigenvalue weighted by Gasteiger charge is 2.53. The molecule has 3 rings (SSSR count). The van der Waals surface area contributed by atoms with Gasteiger partial charge in [0.15, 0.2) is 5.72 Å². The van der Waals surface area contributed by atoms with Gasteiger partial charge in [0, 0.05) is 28.5 Å². The van der Waals surface area contributed by atoms with Crippen molar-refractivity contribution in [3.8, 4) is 0 Å². The van der Waals surface area contributed by atoms with Gasteiger partial charge in [0.2, 0.25) is 0 Å². The van der Waals surface area contributed by atoms with Gasteiger partial charge in [0.1, 0.15) is 5.71 Å². The number of carbonyl (C=O) groups is 1. The normalized spacial score (nSPS) is 20.5. The third kappa shape index (κ3) is 3.22. The number of carbonyl (C=O) groups excluding carboxylic acids is 1. The van der Waals surface area contributed by atoms with E-state index in [4.69, 9.17) is 11.6 Å². The molecule has 9 heteroatoms. The number of rotatable bonds is 2. The van der Waals surface area contributed by atoms with Crippen molar-refractivity contribution in [3.05, 3.63) is 64.9 Å². The van der Waals surface area contributed by atoms with Gasteiger partial charge in [-0.3, -0.25) is 9.78 Å². The minimum Gasteiger partial charge on any atom is -0.365 e. The van der Waals surface area contributed by atoms with Crippen LogP contribution in [0.1, 0.15) is 22.3 Å². The molecule has 0 saturated heterocycles. The van der Waals surface area contributed by atoms with Crippen LogP contribution in [0.15, 0.2) is 53.9 Å². The Kier molecular flexibility index (Phi) is 4.26. The number of alkyl halides is 3. The summed E-state index contributed by atoms with van der Waals surface area (Å²) in [6, 6.07) is 8.18. The third-order valence-corrected chi connectivity index (χ3v) is 3.99. The lowest BCUT2D eigenvalue weighted by molar-refractivity contribution is -0.0816. The van der Waals surface area contributed by atoms with Crippen LogP contribution in [0.25, 0.3) is 0 Å². The van der Waals surface area contributed by atoms with E-state index in [1.807, 2.05) is 0 Å². The van der Waals surface area contributed by atoms with Crippen LogP contribution in [0.5, 0.6) is 0 Å². The number of hydrazone groups is 1. The fraction of sp³-hybridized carbons (Fsp3) is 0.188. The van der Waals surface area contributed by atoms with Crippen LogP contribution in [-0.4, -0.2) is 32.9 Å². The summed E-state index contributed by atoms with van der Waals surface area (Å²) in [5.74, 6) is -0.876. The average Bonchev–Trinajstić information content (AvgIpc) is 2.94. The molecule has 1 aromatic carbocycles. The van der Waals surface area contributed by atoms with E-state index in [-0.39, 0.29) is 11.1 Å². The molecule has 25 heavy (non-hydrogen) atoms. The van der Waals surface area contributed by atoms with E-state index in [0.717, 1.165) is 0 Å². The van der Waals surface area contributed by atoms with Crippen LogP contribution in [0.2, 0.25) is 5.02 Å². The SMILES string of the molecule is O=C(c1ccncc1)N1N=C(C(F)(F)F)C[C@@]1(O)c1ccc(Cl)cc1. The lowest BCUT2D eigenvalue weighted by atomic mass is 9.96. The van der Waals surface area contributed by atoms with Gasteiger partial charge in [-0.15, -0.1) is 0 Å². The fourth-order valence-corrected chi connectivity index (χ4v) is 2.60. The predicted octanol–water partition coefficient (Wildman–Crippen LogP) is 3.34. The molecule has 2 heterocycles. The molecule has 1 aliphatic rings. The summed E-state index contributed by atoms with van der Waals surface area (Å²) in [4.78, 5) is 16.4. The zero-order valence-corrected chi connectivity index (χ0v) is 13.3. The molecule has 1 aromatic heterocycles. The number of aromatic nitrogens is 1. The molecule has 1 amide bonds. The van der Waals surface area contributed by atoms with Crippen molar-refractivity contribution in [2.75, 3.05) is 0 Å². The van der Waals surface area contributed by atoms with Gasteiger partial charge in [0.05, 0.1) is 6.42 Å². The number of hydrogen-bond donors (Lipinski definition) is 1. The first-order valence-corrected chi connectivity index (χ1v) is 7.47. The summed E-state index contributed by atoms with van der Waals surface area (Å²) in [5, 5.41) is 15.1. The number of hydrogen-bond acceptors (Lipinski definition) is 4. The highest BCUT2D eigenvalue weighted by molar-refractivity contribution is 6.30. The van der Waals surface area contributed by atoms with Crippen LogP contribution in [0, 0.1) is 0 Å². The summed E-state index contributed by atoms with van der Waals surface area (Å²) in [7, 11) is 0. The van der Waals surface area contributed by atoms with E-state index in [1.165, 1.54) is 48.8 Å². The first-order valence-electron chi connectivity index (χ1n) is 7.09. The first-order chi connectivity index (χ1) is 11.7. The number of pyridine rings is 1. The smallest absolute Gasteiger partial charge is 0.365 e. The van der Waals surface area contributed by atoms with E-state index in [2.05, 4.69) is 10.1 Å². The summed E-state index contributed by atoms with van der Waals surface area (Å²) >= 11 is 5.78. The van der Waals surface area contributed by atoms with Crippen molar-refractivity contribution >= 4 is 23.2 Å². The van der Waals surface area contributed by atoms with Gasteiger partial charge in [0.25, 0.3) is 5.91 Å². The summed E-state index contributed by atoms with van der Waals surface area (Å²) in [6.45, 7) is 0. The maximum absolute atomic E-state index is 13.1. The monoisotopic (exact) mass is 369 g/mol. The van der Waals surface area contributed by atoms with E-state index >= 15 is 0 Å². The second kappa shape index (κ2) is 6.12. The molecule has 0 radical (unpaired) electrons. The Morgan fingerprint density at radius 1 is 1.16 bits per heavy atom. The molecule has 0 bridgehead atoms. The van der Waals surface area contributed by atoms with Crippen molar-refractivity contribution in [1.29, 1.82) is 0 Å². The van der Waals surface area contributed by atoms with Gasteiger partial charge in [-0.2, -0.15) is 23.3 Å². The zero-order valence-electron chi connectivity index (χ0n) is 12.5. The molecular weight excluding hydrogens is 359 g/mol. The lowest BCUT2D eigenvalue weighted by Crippen LogP contribution is -2.43. The highest BCUT2D eigenvalue weighted by Crippen LogP contribution is 2.40. The quantitative estimate of drug-likeness (QED) is 0.883. The maximum Gasteiger partial charge on any atom is 0.431 e. The Morgan fingerprint density at radius 2 is 1.76 bits per heavy atom. The minimum atomic E-state index is -4.77. The van der Waals surface area contributed by atoms with E-state index in [9.17, 15) is 23.1 Å². The van der Waals surface area contributed by atoms with Crippen LogP contribution in [0.3, 0.4) is 0 Å². The van der Waals surface area contributed by atoms with Crippen molar-refractivity contribution in [2.45, 2.75) is 18.3 Å². The summed E-state index contributed by atoms with van der Waals surface area (Å²) < 4.78 is 39.3. The Bertz CT molecular complexity index is 825. The third-order valence-electron chi connectivity index (χ3n) is 3.74. The molecule has 1 atom stereocenters. The molecule has 0 aliphatic carbocycles. The van der Waals surface area contributed by atoms with E-state index in [1.54, 1.807) is 0 Å². The number of benzene rings is 1. The Labute approximate surface area is 145 Å². The number of amides is 1. The van der Waals surface area contributed by atoms with Crippen LogP contribution in [0.4, 0.5) is 13.2 Å². The van der Waals surface area contributed by atoms with Gasteiger partial charge in [-0.1, -0.05) is 23.7 Å². The summed E-state index contributed by atoms with van der Waals surface area (Å²) in [6.07, 6.45) is -3.01. The molecule has 1 aliphatic heterocycles. The van der Waals surface area contributed by atoms with Gasteiger partial charge < -0.3 is 5.11 Å². The molecule has 130 valence electrons. The van der Waals surface area contributed by atoms with Crippen LogP contribution >= 0.6 is 11.6 Å². The number of aliphatic hydroxyl groups is 1.